The van der Waals surface area contributed by atoms with Crippen LogP contribution in [0.5, 0.6) is 0 Å². The van der Waals surface area contributed by atoms with Crippen molar-refractivity contribution >= 4 is 28.8 Å². The molecule has 7 nitrogen and oxygen atoms in total. The molecule has 0 fully saturated rings. The molecule has 2 aromatic rings. The molecule has 0 saturated carbocycles. The number of aliphatic hydroxyl groups excluding tert-OH is 1. The molecule has 0 radical (unpaired) electrons. The number of anilines is 2. The van der Waals surface area contributed by atoms with Gasteiger partial charge in [0.15, 0.2) is 0 Å². The first kappa shape index (κ1) is 20.3. The number of hydrogen-bond donors (Lipinski definition) is 3. The molecule has 7 heteroatoms. The second-order valence-electron chi connectivity index (χ2n) is 6.61. The van der Waals surface area contributed by atoms with E-state index in [-0.39, 0.29) is 29.3 Å². The van der Waals surface area contributed by atoms with Gasteiger partial charge in [-0.05, 0) is 31.2 Å². The fourth-order valence-electron chi connectivity index (χ4n) is 3.28. The minimum atomic E-state index is -0.433. The van der Waals surface area contributed by atoms with Crippen LogP contribution in [0.1, 0.15) is 34.6 Å². The van der Waals surface area contributed by atoms with E-state index >= 15 is 0 Å². The Labute approximate surface area is 169 Å². The number of carbonyl (C=O) groups is 3. The molecule has 0 aromatic heterocycles. The molecule has 1 amide bonds. The van der Waals surface area contributed by atoms with Gasteiger partial charge in [-0.15, -0.1) is 0 Å². The third-order valence-corrected chi connectivity index (χ3v) is 4.67. The van der Waals surface area contributed by atoms with Crippen molar-refractivity contribution < 1.29 is 19.5 Å². The van der Waals surface area contributed by atoms with Crippen LogP contribution in [0, 0.1) is 0 Å². The maximum Gasteiger partial charge on any atom is 0.221 e. The molecule has 1 aliphatic carbocycles. The Hall–Kier alpha value is -3.45. The van der Waals surface area contributed by atoms with E-state index in [4.69, 9.17) is 0 Å². The number of allylic oxidation sites excluding steroid dienone is 2. The summed E-state index contributed by atoms with van der Waals surface area (Å²) in [6, 6.07) is 13.8. The standard InChI is InChI=1S/C22H23N3O4/c1-3-25(12-13-26)16-10-8-15(9-11-16)24-20-19(23-14(2)27)21(28)17-6-4-5-7-18(17)22(20)29/h4-11,24,26H,3,12-13H2,1-2H3,(H,23,27). The zero-order valence-corrected chi connectivity index (χ0v) is 16.4. The summed E-state index contributed by atoms with van der Waals surface area (Å²) in [7, 11) is 0. The quantitative estimate of drug-likeness (QED) is 0.668. The Bertz CT molecular complexity index is 980. The number of likely N-dealkylation sites (N-methyl/N-ethyl adjacent to an activating group) is 1. The van der Waals surface area contributed by atoms with E-state index in [9.17, 15) is 19.5 Å². The highest BCUT2D eigenvalue weighted by Gasteiger charge is 2.32. The normalized spacial score (nSPS) is 13.2. The summed E-state index contributed by atoms with van der Waals surface area (Å²) in [4.78, 5) is 39.5. The van der Waals surface area contributed by atoms with Crippen molar-refractivity contribution in [3.63, 3.8) is 0 Å². The fraction of sp³-hybridized carbons (Fsp3) is 0.227. The summed E-state index contributed by atoms with van der Waals surface area (Å²) < 4.78 is 0. The number of benzene rings is 2. The van der Waals surface area contributed by atoms with E-state index in [1.165, 1.54) is 6.92 Å². The van der Waals surface area contributed by atoms with Crippen LogP contribution < -0.4 is 15.5 Å². The number of carbonyl (C=O) groups excluding carboxylic acids is 3. The highest BCUT2D eigenvalue weighted by Crippen LogP contribution is 2.27. The summed E-state index contributed by atoms with van der Waals surface area (Å²) in [5.41, 5.74) is 2.09. The molecular weight excluding hydrogens is 370 g/mol. The number of nitrogens with one attached hydrogen (secondary N) is 2. The summed E-state index contributed by atoms with van der Waals surface area (Å²) in [6.07, 6.45) is 0. The van der Waals surface area contributed by atoms with Gasteiger partial charge in [-0.3, -0.25) is 14.4 Å². The molecule has 3 N–H and O–H groups in total. The first-order valence-electron chi connectivity index (χ1n) is 9.39. The Morgan fingerprint density at radius 1 is 0.966 bits per heavy atom. The lowest BCUT2D eigenvalue weighted by Crippen LogP contribution is -2.35. The second kappa shape index (κ2) is 8.70. The molecule has 0 saturated heterocycles. The van der Waals surface area contributed by atoms with Crippen LogP contribution in [0.2, 0.25) is 0 Å². The fourth-order valence-corrected chi connectivity index (χ4v) is 3.28. The Morgan fingerprint density at radius 2 is 1.55 bits per heavy atom. The molecule has 0 unspecified atom stereocenters. The topological polar surface area (TPSA) is 98.7 Å². The Balaban J connectivity index is 1.95. The lowest BCUT2D eigenvalue weighted by molar-refractivity contribution is -0.118. The van der Waals surface area contributed by atoms with Crippen LogP contribution in [0.4, 0.5) is 11.4 Å². The molecule has 3 rings (SSSR count). The van der Waals surface area contributed by atoms with Crippen LogP contribution in [0.25, 0.3) is 0 Å². The highest BCUT2D eigenvalue weighted by atomic mass is 16.3. The first-order valence-corrected chi connectivity index (χ1v) is 9.39. The van der Waals surface area contributed by atoms with Crippen molar-refractivity contribution in [1.82, 2.24) is 5.32 Å². The molecule has 0 spiro atoms. The van der Waals surface area contributed by atoms with Gasteiger partial charge in [0.1, 0.15) is 11.4 Å². The largest absolute Gasteiger partial charge is 0.395 e. The zero-order valence-electron chi connectivity index (χ0n) is 16.4. The summed E-state index contributed by atoms with van der Waals surface area (Å²) >= 11 is 0. The number of hydrogen-bond acceptors (Lipinski definition) is 6. The molecule has 1 aliphatic rings. The monoisotopic (exact) mass is 393 g/mol. The van der Waals surface area contributed by atoms with Gasteiger partial charge in [0.05, 0.1) is 6.61 Å². The van der Waals surface area contributed by atoms with Gasteiger partial charge in [-0.1, -0.05) is 24.3 Å². The minimum Gasteiger partial charge on any atom is -0.395 e. The third-order valence-electron chi connectivity index (χ3n) is 4.67. The van der Waals surface area contributed by atoms with Gasteiger partial charge < -0.3 is 20.6 Å². The van der Waals surface area contributed by atoms with Crippen molar-refractivity contribution in [2.75, 3.05) is 29.9 Å². The average molecular weight is 393 g/mol. The SMILES string of the molecule is CCN(CCO)c1ccc(NC2=C(NC(C)=O)C(=O)c3ccccc3C2=O)cc1. The molecule has 2 aromatic carbocycles. The van der Waals surface area contributed by atoms with Gasteiger partial charge in [-0.25, -0.2) is 0 Å². The second-order valence-corrected chi connectivity index (χ2v) is 6.61. The molecular formula is C22H23N3O4. The molecule has 29 heavy (non-hydrogen) atoms. The predicted octanol–water partition coefficient (Wildman–Crippen LogP) is 2.34. The number of Topliss-reactive ketones (excluding diaryl/α,β-unsaturated/α-hetero) is 2. The number of nitrogens with zero attached hydrogens (tertiary/aromatic N) is 1. The van der Waals surface area contributed by atoms with Crippen LogP contribution in [0.15, 0.2) is 59.9 Å². The first-order chi connectivity index (χ1) is 14.0. The zero-order chi connectivity index (χ0) is 21.0. The summed E-state index contributed by atoms with van der Waals surface area (Å²) in [5, 5.41) is 14.7. The van der Waals surface area contributed by atoms with Crippen molar-refractivity contribution in [1.29, 1.82) is 0 Å². The summed E-state index contributed by atoms with van der Waals surface area (Å²) in [5.74, 6) is -1.20. The van der Waals surface area contributed by atoms with E-state index in [0.29, 0.717) is 17.8 Å². The molecule has 0 atom stereocenters. The van der Waals surface area contributed by atoms with Crippen LogP contribution >= 0.6 is 0 Å². The maximum atomic E-state index is 13.0. The number of rotatable bonds is 7. The van der Waals surface area contributed by atoms with Gasteiger partial charge in [0, 0.05) is 42.5 Å². The maximum absolute atomic E-state index is 13.0. The number of fused-ring (bicyclic) bond motifs is 1. The van der Waals surface area contributed by atoms with E-state index in [0.717, 1.165) is 12.2 Å². The lowest BCUT2D eigenvalue weighted by atomic mass is 9.90. The molecule has 150 valence electrons. The van der Waals surface area contributed by atoms with Crippen LogP contribution in [-0.4, -0.2) is 42.3 Å². The van der Waals surface area contributed by atoms with E-state index in [1.807, 2.05) is 24.0 Å². The van der Waals surface area contributed by atoms with E-state index in [1.54, 1.807) is 36.4 Å². The van der Waals surface area contributed by atoms with Crippen LogP contribution in [0.3, 0.4) is 0 Å². The van der Waals surface area contributed by atoms with E-state index in [2.05, 4.69) is 10.6 Å². The van der Waals surface area contributed by atoms with Gasteiger partial charge in [0.25, 0.3) is 0 Å². The van der Waals surface area contributed by atoms with Gasteiger partial charge in [-0.2, -0.15) is 0 Å². The van der Waals surface area contributed by atoms with Crippen molar-refractivity contribution in [3.05, 3.63) is 71.1 Å². The Kier molecular flexibility index (Phi) is 6.09. The molecule has 0 bridgehead atoms. The van der Waals surface area contributed by atoms with Crippen LogP contribution in [-0.2, 0) is 4.79 Å². The lowest BCUT2D eigenvalue weighted by Gasteiger charge is -2.24. The van der Waals surface area contributed by atoms with Crippen molar-refractivity contribution in [3.8, 4) is 0 Å². The van der Waals surface area contributed by atoms with E-state index < -0.39 is 11.7 Å². The predicted molar refractivity (Wildman–Crippen MR) is 111 cm³/mol. The van der Waals surface area contributed by atoms with Crippen molar-refractivity contribution in [2.24, 2.45) is 0 Å². The number of ketones is 2. The minimum absolute atomic E-state index is 0.0411. The highest BCUT2D eigenvalue weighted by molar-refractivity contribution is 6.28. The molecule has 0 aliphatic heterocycles. The van der Waals surface area contributed by atoms with Crippen molar-refractivity contribution in [2.45, 2.75) is 13.8 Å². The van der Waals surface area contributed by atoms with Gasteiger partial charge in [0.2, 0.25) is 17.5 Å². The third kappa shape index (κ3) is 4.20. The number of amides is 1. The molecule has 0 heterocycles. The summed E-state index contributed by atoms with van der Waals surface area (Å²) in [6.45, 7) is 4.60. The number of aliphatic hydroxyl groups is 1. The Morgan fingerprint density at radius 3 is 2.07 bits per heavy atom. The van der Waals surface area contributed by atoms with Gasteiger partial charge >= 0.3 is 0 Å². The smallest absolute Gasteiger partial charge is 0.221 e. The average Bonchev–Trinajstić information content (AvgIpc) is 2.73.